The molecule has 0 spiro atoms. The van der Waals surface area contributed by atoms with E-state index in [1.165, 1.54) is 6.20 Å². The molecule has 1 fully saturated rings. The van der Waals surface area contributed by atoms with E-state index >= 15 is 4.39 Å². The normalized spacial score (nSPS) is 16.3. The number of carboxylic acids is 1. The quantitative estimate of drug-likeness (QED) is 0.346. The molecule has 0 amide bonds. The van der Waals surface area contributed by atoms with Crippen LogP contribution in [0.5, 0.6) is 11.5 Å². The molecule has 0 bridgehead atoms. The van der Waals surface area contributed by atoms with Gasteiger partial charge in [-0.1, -0.05) is 18.2 Å². The highest BCUT2D eigenvalue weighted by Crippen LogP contribution is 2.48. The van der Waals surface area contributed by atoms with Crippen molar-refractivity contribution in [1.82, 2.24) is 4.57 Å². The highest BCUT2D eigenvalue weighted by molar-refractivity contribution is 6.07. The van der Waals surface area contributed by atoms with Gasteiger partial charge >= 0.3 is 5.97 Å². The Morgan fingerprint density at radius 1 is 1.11 bits per heavy atom. The minimum atomic E-state index is -1.39. The molecule has 0 radical (unpaired) electrons. The van der Waals surface area contributed by atoms with Crippen LogP contribution in [0.1, 0.15) is 16.8 Å². The monoisotopic (exact) mass is 507 g/mol. The highest BCUT2D eigenvalue weighted by atomic mass is 35.5. The number of hydrogen-bond acceptors (Lipinski definition) is 6. The average Bonchev–Trinajstić information content (AvgIpc) is 3.42. The Morgan fingerprint density at radius 2 is 1.92 bits per heavy atom. The van der Waals surface area contributed by atoms with Gasteiger partial charge < -0.3 is 29.5 Å². The molecule has 0 unspecified atom stereocenters. The number of hydrogen-bond donors (Lipinski definition) is 2. The van der Waals surface area contributed by atoms with Gasteiger partial charge in [0.05, 0.1) is 11.1 Å². The summed E-state index contributed by atoms with van der Waals surface area (Å²) < 4.78 is 29.4. The molecule has 3 N–H and O–H groups in total. The van der Waals surface area contributed by atoms with E-state index in [0.717, 1.165) is 16.8 Å². The van der Waals surface area contributed by atoms with Crippen LogP contribution in [0.4, 0.5) is 10.1 Å². The lowest BCUT2D eigenvalue weighted by Crippen LogP contribution is -2.28. The Balaban J connectivity index is 0.00000240. The van der Waals surface area contributed by atoms with E-state index in [4.69, 9.17) is 14.9 Å². The lowest BCUT2D eigenvalue weighted by atomic mass is 10.0. The first-order valence-electron chi connectivity index (χ1n) is 11.2. The van der Waals surface area contributed by atoms with Crippen molar-refractivity contribution in [2.45, 2.75) is 12.5 Å². The first kappa shape index (κ1) is 22.4. The smallest absolute Gasteiger partial charge is 0.341 e. The number of anilines is 1. The van der Waals surface area contributed by atoms with Crippen LogP contribution in [0.25, 0.3) is 38.5 Å². The fraction of sp³-hybridized carbons (Fsp3) is 0.154. The second kappa shape index (κ2) is 7.71. The van der Waals surface area contributed by atoms with Crippen molar-refractivity contribution in [3.8, 4) is 17.2 Å². The third-order valence-corrected chi connectivity index (χ3v) is 6.87. The van der Waals surface area contributed by atoms with Crippen molar-refractivity contribution in [3.05, 3.63) is 70.3 Å². The molecule has 0 saturated carbocycles. The number of carboxylic acid groups (broad SMARTS) is 1. The van der Waals surface area contributed by atoms with Gasteiger partial charge in [-0.25, -0.2) is 9.18 Å². The number of nitrogens with zero attached hydrogens (tertiary/aromatic N) is 2. The van der Waals surface area contributed by atoms with Crippen LogP contribution in [-0.4, -0.2) is 34.8 Å². The summed E-state index contributed by atoms with van der Waals surface area (Å²) in [6.07, 6.45) is 1.96. The maximum absolute atomic E-state index is 15.5. The number of fused-ring (bicyclic) bond motifs is 5. The molecule has 2 aliphatic heterocycles. The molecule has 3 aromatic carbocycles. The Labute approximate surface area is 208 Å². The van der Waals surface area contributed by atoms with Gasteiger partial charge in [0, 0.05) is 42.2 Å². The second-order valence-electron chi connectivity index (χ2n) is 8.99. The molecular weight excluding hydrogens is 489 g/mol. The van der Waals surface area contributed by atoms with E-state index in [-0.39, 0.29) is 35.3 Å². The van der Waals surface area contributed by atoms with Crippen LogP contribution < -0.4 is 20.8 Å². The number of carbonyl (C=O) groups is 1. The van der Waals surface area contributed by atoms with Crippen molar-refractivity contribution in [2.24, 2.45) is 5.73 Å². The summed E-state index contributed by atoms with van der Waals surface area (Å²) in [5, 5.41) is 11.3. The molecule has 8 nitrogen and oxygen atoms in total. The molecule has 182 valence electrons. The number of nitrogens with two attached hydrogens (primary N) is 1. The van der Waals surface area contributed by atoms with Gasteiger partial charge in [0.2, 0.25) is 5.43 Å². The largest absolute Gasteiger partial charge is 0.477 e. The summed E-state index contributed by atoms with van der Waals surface area (Å²) in [5.41, 5.74) is 7.13. The maximum atomic E-state index is 15.5. The number of aromatic carboxylic acids is 1. The molecule has 1 atom stereocenters. The molecule has 2 aromatic heterocycles. The van der Waals surface area contributed by atoms with E-state index in [0.29, 0.717) is 47.6 Å². The van der Waals surface area contributed by atoms with Crippen molar-refractivity contribution >= 4 is 56.9 Å². The van der Waals surface area contributed by atoms with Crippen LogP contribution in [-0.2, 0) is 0 Å². The van der Waals surface area contributed by atoms with E-state index in [1.807, 2.05) is 29.2 Å². The summed E-state index contributed by atoms with van der Waals surface area (Å²) in [6.45, 7) is 0.976. The topological polar surface area (TPSA) is 111 Å². The molecule has 2 aliphatic rings. The number of benzene rings is 3. The predicted molar refractivity (Wildman–Crippen MR) is 136 cm³/mol. The van der Waals surface area contributed by atoms with Crippen LogP contribution in [0, 0.1) is 5.82 Å². The minimum absolute atomic E-state index is 0. The van der Waals surface area contributed by atoms with Gasteiger partial charge in [-0.2, -0.15) is 0 Å². The van der Waals surface area contributed by atoms with Crippen LogP contribution in [0.2, 0.25) is 0 Å². The standard InChI is InChI=1S/C26H18FN3O5.ClH/c27-17-7-15-22-25(23(17)29-6-5-12(28)10-29)35-21-8-14-13-3-1-2-4-19(13)34-20(14)9-18(21)30(22)11-16(24(15)31)26(32)33;/h1-4,7-9,11-12H,5-6,10,28H2,(H,32,33);1H/t12-;/m0./s1. The van der Waals surface area contributed by atoms with Crippen molar-refractivity contribution in [2.75, 3.05) is 18.0 Å². The number of ether oxygens (including phenoxy) is 1. The number of para-hydroxylation sites is 1. The van der Waals surface area contributed by atoms with Crippen molar-refractivity contribution in [1.29, 1.82) is 0 Å². The lowest BCUT2D eigenvalue weighted by Gasteiger charge is -2.29. The molecule has 5 aromatic rings. The van der Waals surface area contributed by atoms with Crippen molar-refractivity contribution in [3.63, 3.8) is 0 Å². The maximum Gasteiger partial charge on any atom is 0.341 e. The fourth-order valence-electron chi connectivity index (χ4n) is 5.26. The predicted octanol–water partition coefficient (Wildman–Crippen LogP) is 4.79. The van der Waals surface area contributed by atoms with E-state index in [2.05, 4.69) is 0 Å². The highest BCUT2D eigenvalue weighted by Gasteiger charge is 2.33. The van der Waals surface area contributed by atoms with Crippen LogP contribution in [0.15, 0.2) is 57.9 Å². The SMILES string of the molecule is Cl.N[C@H]1CCN(c2c(F)cc3c(=O)c(C(=O)O)cn4c3c2Oc2cc3c(cc2-4)oc2ccccc23)C1. The molecule has 0 aliphatic carbocycles. The molecule has 1 saturated heterocycles. The third-order valence-electron chi connectivity index (χ3n) is 6.87. The summed E-state index contributed by atoms with van der Waals surface area (Å²) in [7, 11) is 0. The van der Waals surface area contributed by atoms with Gasteiger partial charge in [-0.15, -0.1) is 12.4 Å². The Kier molecular flexibility index (Phi) is 4.79. The van der Waals surface area contributed by atoms with Gasteiger partial charge in [0.1, 0.15) is 27.9 Å². The first-order valence-corrected chi connectivity index (χ1v) is 11.2. The number of furan rings is 1. The van der Waals surface area contributed by atoms with Crippen LogP contribution in [0.3, 0.4) is 0 Å². The summed E-state index contributed by atoms with van der Waals surface area (Å²) in [4.78, 5) is 26.7. The summed E-state index contributed by atoms with van der Waals surface area (Å²) in [5.74, 6) is -1.49. The summed E-state index contributed by atoms with van der Waals surface area (Å²) >= 11 is 0. The average molecular weight is 508 g/mol. The third kappa shape index (κ3) is 2.96. The molecule has 4 heterocycles. The Bertz CT molecular complexity index is 1810. The van der Waals surface area contributed by atoms with E-state index < -0.39 is 22.8 Å². The number of halogens is 2. The first-order chi connectivity index (χ1) is 16.9. The number of pyridine rings is 1. The van der Waals surface area contributed by atoms with E-state index in [9.17, 15) is 14.7 Å². The second-order valence-corrected chi connectivity index (χ2v) is 8.99. The Hall–Kier alpha value is -4.08. The van der Waals surface area contributed by atoms with Gasteiger partial charge in [0.15, 0.2) is 17.3 Å². The number of aromatic nitrogens is 1. The zero-order chi connectivity index (χ0) is 24.0. The zero-order valence-corrected chi connectivity index (χ0v) is 19.5. The lowest BCUT2D eigenvalue weighted by molar-refractivity contribution is 0.0695. The molecule has 7 rings (SSSR count). The molecular formula is C26H19ClFN3O5. The van der Waals surface area contributed by atoms with E-state index in [1.54, 1.807) is 16.7 Å². The van der Waals surface area contributed by atoms with Crippen molar-refractivity contribution < 1.29 is 23.4 Å². The fourth-order valence-corrected chi connectivity index (χ4v) is 5.26. The Morgan fingerprint density at radius 3 is 2.67 bits per heavy atom. The zero-order valence-electron chi connectivity index (χ0n) is 18.7. The molecule has 10 heteroatoms. The van der Waals surface area contributed by atoms with Crippen LogP contribution >= 0.6 is 12.4 Å². The van der Waals surface area contributed by atoms with Gasteiger partial charge in [-0.05, 0) is 24.6 Å². The summed E-state index contributed by atoms with van der Waals surface area (Å²) in [6, 6.07) is 12.1. The number of rotatable bonds is 2. The molecule has 36 heavy (non-hydrogen) atoms. The van der Waals surface area contributed by atoms with Gasteiger partial charge in [-0.3, -0.25) is 4.79 Å². The minimum Gasteiger partial charge on any atom is -0.477 e. The van der Waals surface area contributed by atoms with Gasteiger partial charge in [0.25, 0.3) is 0 Å².